The van der Waals surface area contributed by atoms with E-state index < -0.39 is 5.97 Å². The molecule has 1 aliphatic carbocycles. The molecular formula is C17H25NO2. The Bertz CT molecular complexity index is 464. The normalized spacial score (nSPS) is 17.7. The second kappa shape index (κ2) is 6.78. The van der Waals surface area contributed by atoms with Gasteiger partial charge in [-0.05, 0) is 44.2 Å². The second-order valence-corrected chi connectivity index (χ2v) is 5.91. The first kappa shape index (κ1) is 14.9. The lowest BCUT2D eigenvalue weighted by Crippen LogP contribution is -2.30. The molecule has 1 unspecified atom stereocenters. The van der Waals surface area contributed by atoms with Gasteiger partial charge in [0, 0.05) is 11.7 Å². The number of carbonyl (C=O) groups is 1. The van der Waals surface area contributed by atoms with Crippen LogP contribution < -0.4 is 5.32 Å². The molecule has 0 aromatic heterocycles. The molecule has 1 aromatic carbocycles. The number of aryl methyl sites for hydroxylation is 1. The van der Waals surface area contributed by atoms with Crippen molar-refractivity contribution in [2.24, 2.45) is 5.92 Å². The van der Waals surface area contributed by atoms with Crippen molar-refractivity contribution in [3.05, 3.63) is 29.3 Å². The molecule has 2 rings (SSSR count). The molecule has 0 saturated heterocycles. The van der Waals surface area contributed by atoms with E-state index >= 15 is 0 Å². The van der Waals surface area contributed by atoms with Crippen LogP contribution in [0.5, 0.6) is 0 Å². The predicted molar refractivity (Wildman–Crippen MR) is 82.4 cm³/mol. The van der Waals surface area contributed by atoms with Crippen LogP contribution in [0.1, 0.15) is 61.4 Å². The average molecular weight is 275 g/mol. The summed E-state index contributed by atoms with van der Waals surface area (Å²) in [6, 6.07) is 6.02. The van der Waals surface area contributed by atoms with E-state index in [1.54, 1.807) is 6.07 Å². The topological polar surface area (TPSA) is 49.3 Å². The third kappa shape index (κ3) is 3.53. The van der Waals surface area contributed by atoms with Crippen molar-refractivity contribution in [3.63, 3.8) is 0 Å². The van der Waals surface area contributed by atoms with E-state index in [0.29, 0.717) is 17.5 Å². The lowest BCUT2D eigenvalue weighted by molar-refractivity contribution is 0.0697. The SMILES string of the molecule is CCC(Nc1ccc(C)cc1C(=O)O)C1CCCCC1. The van der Waals surface area contributed by atoms with Crippen LogP contribution in [0.15, 0.2) is 18.2 Å². The summed E-state index contributed by atoms with van der Waals surface area (Å²) in [5.41, 5.74) is 2.14. The van der Waals surface area contributed by atoms with Gasteiger partial charge in [-0.1, -0.05) is 37.8 Å². The average Bonchev–Trinajstić information content (AvgIpc) is 2.46. The van der Waals surface area contributed by atoms with Crippen LogP contribution in [-0.4, -0.2) is 17.1 Å². The van der Waals surface area contributed by atoms with Gasteiger partial charge < -0.3 is 10.4 Å². The number of carboxylic acids is 1. The number of carboxylic acid groups (broad SMARTS) is 1. The summed E-state index contributed by atoms with van der Waals surface area (Å²) in [5.74, 6) is -0.175. The monoisotopic (exact) mass is 275 g/mol. The summed E-state index contributed by atoms with van der Waals surface area (Å²) in [6.07, 6.45) is 7.53. The zero-order valence-corrected chi connectivity index (χ0v) is 12.5. The molecule has 1 aromatic rings. The van der Waals surface area contributed by atoms with Crippen LogP contribution in [0.3, 0.4) is 0 Å². The molecule has 3 nitrogen and oxygen atoms in total. The molecule has 0 bridgehead atoms. The van der Waals surface area contributed by atoms with Crippen LogP contribution in [0, 0.1) is 12.8 Å². The van der Waals surface area contributed by atoms with Crippen molar-refractivity contribution in [1.29, 1.82) is 0 Å². The molecule has 1 aliphatic rings. The van der Waals surface area contributed by atoms with Crippen molar-refractivity contribution in [2.45, 2.75) is 58.4 Å². The Morgan fingerprint density at radius 3 is 2.65 bits per heavy atom. The quantitative estimate of drug-likeness (QED) is 0.834. The van der Waals surface area contributed by atoms with E-state index in [1.165, 1.54) is 32.1 Å². The summed E-state index contributed by atoms with van der Waals surface area (Å²) < 4.78 is 0. The maximum atomic E-state index is 11.4. The first-order chi connectivity index (χ1) is 9.61. The van der Waals surface area contributed by atoms with E-state index in [9.17, 15) is 9.90 Å². The molecule has 0 radical (unpaired) electrons. The Labute approximate surface area is 121 Å². The van der Waals surface area contributed by atoms with Crippen LogP contribution >= 0.6 is 0 Å². The highest BCUT2D eigenvalue weighted by Crippen LogP contribution is 2.30. The third-order valence-electron chi connectivity index (χ3n) is 4.41. The second-order valence-electron chi connectivity index (χ2n) is 5.91. The highest BCUT2D eigenvalue weighted by Gasteiger charge is 2.23. The summed E-state index contributed by atoms with van der Waals surface area (Å²) in [7, 11) is 0. The Morgan fingerprint density at radius 2 is 2.05 bits per heavy atom. The smallest absolute Gasteiger partial charge is 0.337 e. The number of aromatic carboxylic acids is 1. The third-order valence-corrected chi connectivity index (χ3v) is 4.41. The molecule has 2 N–H and O–H groups in total. The Kier molecular flexibility index (Phi) is 5.05. The Morgan fingerprint density at radius 1 is 1.35 bits per heavy atom. The fraction of sp³-hybridized carbons (Fsp3) is 0.588. The van der Waals surface area contributed by atoms with Gasteiger partial charge in [0.25, 0.3) is 0 Å². The minimum absolute atomic E-state index is 0.385. The standard InChI is InChI=1S/C17H25NO2/c1-3-15(13-7-5-4-6-8-13)18-16-10-9-12(2)11-14(16)17(19)20/h9-11,13,15,18H,3-8H2,1-2H3,(H,19,20). The molecule has 1 fully saturated rings. The van der Waals surface area contributed by atoms with Gasteiger partial charge in [-0.15, -0.1) is 0 Å². The molecule has 1 atom stereocenters. The van der Waals surface area contributed by atoms with Gasteiger partial charge in [-0.2, -0.15) is 0 Å². The zero-order valence-electron chi connectivity index (χ0n) is 12.5. The first-order valence-corrected chi connectivity index (χ1v) is 7.72. The van der Waals surface area contributed by atoms with E-state index in [0.717, 1.165) is 17.7 Å². The molecule has 0 amide bonds. The minimum Gasteiger partial charge on any atom is -0.478 e. The molecule has 0 spiro atoms. The number of hydrogen-bond acceptors (Lipinski definition) is 2. The van der Waals surface area contributed by atoms with E-state index in [4.69, 9.17) is 0 Å². The summed E-state index contributed by atoms with van der Waals surface area (Å²) in [5, 5.41) is 12.8. The highest BCUT2D eigenvalue weighted by molar-refractivity contribution is 5.94. The van der Waals surface area contributed by atoms with Gasteiger partial charge >= 0.3 is 5.97 Å². The van der Waals surface area contributed by atoms with Gasteiger partial charge in [-0.25, -0.2) is 4.79 Å². The molecule has 0 aliphatic heterocycles. The molecular weight excluding hydrogens is 250 g/mol. The van der Waals surface area contributed by atoms with Crippen molar-refractivity contribution in [3.8, 4) is 0 Å². The molecule has 20 heavy (non-hydrogen) atoms. The van der Waals surface area contributed by atoms with Crippen molar-refractivity contribution in [2.75, 3.05) is 5.32 Å². The van der Waals surface area contributed by atoms with Gasteiger partial charge in [-0.3, -0.25) is 0 Å². The lowest BCUT2D eigenvalue weighted by Gasteiger charge is -2.31. The summed E-state index contributed by atoms with van der Waals surface area (Å²) in [4.78, 5) is 11.4. The fourth-order valence-corrected chi connectivity index (χ4v) is 3.25. The van der Waals surface area contributed by atoms with E-state index in [2.05, 4.69) is 12.2 Å². The highest BCUT2D eigenvalue weighted by atomic mass is 16.4. The number of rotatable bonds is 5. The summed E-state index contributed by atoms with van der Waals surface area (Å²) >= 11 is 0. The van der Waals surface area contributed by atoms with E-state index in [1.807, 2.05) is 19.1 Å². The van der Waals surface area contributed by atoms with Crippen molar-refractivity contribution < 1.29 is 9.90 Å². The van der Waals surface area contributed by atoms with Crippen LogP contribution in [0.4, 0.5) is 5.69 Å². The molecule has 0 heterocycles. The summed E-state index contributed by atoms with van der Waals surface area (Å²) in [6.45, 7) is 4.11. The van der Waals surface area contributed by atoms with Gasteiger partial charge in [0.1, 0.15) is 0 Å². The molecule has 1 saturated carbocycles. The van der Waals surface area contributed by atoms with Crippen LogP contribution in [0.2, 0.25) is 0 Å². The minimum atomic E-state index is -0.852. The number of nitrogens with one attached hydrogen (secondary N) is 1. The van der Waals surface area contributed by atoms with Crippen molar-refractivity contribution >= 4 is 11.7 Å². The lowest BCUT2D eigenvalue weighted by atomic mass is 9.82. The maximum absolute atomic E-state index is 11.4. The Hall–Kier alpha value is -1.51. The molecule has 3 heteroatoms. The van der Waals surface area contributed by atoms with Crippen LogP contribution in [0.25, 0.3) is 0 Å². The van der Waals surface area contributed by atoms with Gasteiger partial charge in [0.05, 0.1) is 5.56 Å². The number of benzene rings is 1. The van der Waals surface area contributed by atoms with Gasteiger partial charge in [0.2, 0.25) is 0 Å². The zero-order chi connectivity index (χ0) is 14.5. The maximum Gasteiger partial charge on any atom is 0.337 e. The van der Waals surface area contributed by atoms with Crippen LogP contribution in [-0.2, 0) is 0 Å². The van der Waals surface area contributed by atoms with Gasteiger partial charge in [0.15, 0.2) is 0 Å². The molecule has 110 valence electrons. The largest absolute Gasteiger partial charge is 0.478 e. The fourth-order valence-electron chi connectivity index (χ4n) is 3.25. The number of hydrogen-bond donors (Lipinski definition) is 2. The number of anilines is 1. The first-order valence-electron chi connectivity index (χ1n) is 7.72. The van der Waals surface area contributed by atoms with E-state index in [-0.39, 0.29) is 0 Å². The predicted octanol–water partition coefficient (Wildman–Crippen LogP) is 4.46. The Balaban J connectivity index is 2.16. The van der Waals surface area contributed by atoms with Crippen molar-refractivity contribution in [1.82, 2.24) is 0 Å².